The Labute approximate surface area is 142 Å². The Kier molecular flexibility index (Phi) is 4.69. The summed E-state index contributed by atoms with van der Waals surface area (Å²) in [5, 5.41) is 0. The van der Waals surface area contributed by atoms with E-state index in [1.807, 2.05) is 6.07 Å². The number of hydrogen-bond acceptors (Lipinski definition) is 5. The van der Waals surface area contributed by atoms with Gasteiger partial charge in [-0.05, 0) is 43.2 Å². The first-order chi connectivity index (χ1) is 11.6. The lowest BCUT2D eigenvalue weighted by molar-refractivity contribution is 0.0600. The molecular formula is C19H23N3O2. The van der Waals surface area contributed by atoms with Crippen LogP contribution in [0.3, 0.4) is 0 Å². The number of hydrogen-bond donors (Lipinski definition) is 0. The molecule has 5 nitrogen and oxygen atoms in total. The minimum atomic E-state index is -0.353. The average Bonchev–Trinajstić information content (AvgIpc) is 2.63. The lowest BCUT2D eigenvalue weighted by atomic mass is 10.1. The zero-order valence-electron chi connectivity index (χ0n) is 14.5. The highest BCUT2D eigenvalue weighted by Crippen LogP contribution is 2.24. The first-order valence-electron chi connectivity index (χ1n) is 8.20. The molecule has 5 heteroatoms. The van der Waals surface area contributed by atoms with E-state index in [1.54, 1.807) is 12.3 Å². The van der Waals surface area contributed by atoms with Gasteiger partial charge in [-0.1, -0.05) is 12.1 Å². The largest absolute Gasteiger partial charge is 0.465 e. The summed E-state index contributed by atoms with van der Waals surface area (Å²) in [6.45, 7) is 8.05. The van der Waals surface area contributed by atoms with Gasteiger partial charge in [0, 0.05) is 38.1 Å². The van der Waals surface area contributed by atoms with E-state index in [1.165, 1.54) is 23.9 Å². The van der Waals surface area contributed by atoms with Crippen molar-refractivity contribution in [3.63, 3.8) is 0 Å². The van der Waals surface area contributed by atoms with Crippen LogP contribution < -0.4 is 9.80 Å². The lowest BCUT2D eigenvalue weighted by Crippen LogP contribution is -2.47. The Bertz CT molecular complexity index is 720. The van der Waals surface area contributed by atoms with Crippen molar-refractivity contribution >= 4 is 17.5 Å². The van der Waals surface area contributed by atoms with Gasteiger partial charge in [0.1, 0.15) is 5.82 Å². The van der Waals surface area contributed by atoms with E-state index in [9.17, 15) is 4.79 Å². The van der Waals surface area contributed by atoms with Crippen LogP contribution >= 0.6 is 0 Å². The second kappa shape index (κ2) is 6.91. The number of ether oxygens (including phenoxy) is 1. The van der Waals surface area contributed by atoms with Crippen LogP contribution in [0.2, 0.25) is 0 Å². The van der Waals surface area contributed by atoms with Crippen molar-refractivity contribution in [1.29, 1.82) is 0 Å². The van der Waals surface area contributed by atoms with Crippen LogP contribution in [0, 0.1) is 13.8 Å². The Balaban J connectivity index is 1.66. The van der Waals surface area contributed by atoms with Gasteiger partial charge >= 0.3 is 5.97 Å². The van der Waals surface area contributed by atoms with E-state index in [4.69, 9.17) is 4.74 Å². The van der Waals surface area contributed by atoms with Crippen molar-refractivity contribution in [3.8, 4) is 0 Å². The SMILES string of the molecule is COC(=O)c1ccc(N2CCN(c3cc(C)ccc3C)CC2)nc1. The lowest BCUT2D eigenvalue weighted by Gasteiger charge is -2.37. The molecule has 1 fully saturated rings. The van der Waals surface area contributed by atoms with Gasteiger partial charge in [0.05, 0.1) is 12.7 Å². The molecular weight excluding hydrogens is 302 g/mol. The van der Waals surface area contributed by atoms with Gasteiger partial charge in [-0.25, -0.2) is 9.78 Å². The van der Waals surface area contributed by atoms with E-state index in [0.29, 0.717) is 5.56 Å². The molecule has 2 aromatic rings. The smallest absolute Gasteiger partial charge is 0.339 e. The number of rotatable bonds is 3. The maximum atomic E-state index is 11.5. The van der Waals surface area contributed by atoms with E-state index >= 15 is 0 Å². The van der Waals surface area contributed by atoms with Gasteiger partial charge in [-0.2, -0.15) is 0 Å². The van der Waals surface area contributed by atoms with Crippen LogP contribution in [0.4, 0.5) is 11.5 Å². The number of methoxy groups -OCH3 is 1. The topological polar surface area (TPSA) is 45.7 Å². The van der Waals surface area contributed by atoms with Gasteiger partial charge in [-0.15, -0.1) is 0 Å². The molecule has 1 aliphatic rings. The van der Waals surface area contributed by atoms with Gasteiger partial charge in [0.25, 0.3) is 0 Å². The highest BCUT2D eigenvalue weighted by atomic mass is 16.5. The third kappa shape index (κ3) is 3.35. The first kappa shape index (κ1) is 16.3. The molecule has 0 bridgehead atoms. The minimum Gasteiger partial charge on any atom is -0.465 e. The predicted octanol–water partition coefficient (Wildman–Crippen LogP) is 2.81. The second-order valence-electron chi connectivity index (χ2n) is 6.16. The van der Waals surface area contributed by atoms with Crippen molar-refractivity contribution in [1.82, 2.24) is 4.98 Å². The van der Waals surface area contributed by atoms with E-state index < -0.39 is 0 Å². The molecule has 1 aromatic heterocycles. The number of benzene rings is 1. The number of esters is 1. The number of aryl methyl sites for hydroxylation is 2. The molecule has 0 aliphatic carbocycles. The molecule has 1 aromatic carbocycles. The van der Waals surface area contributed by atoms with Crippen LogP contribution in [0.1, 0.15) is 21.5 Å². The highest BCUT2D eigenvalue weighted by molar-refractivity contribution is 5.89. The van der Waals surface area contributed by atoms with E-state index in [0.717, 1.165) is 32.0 Å². The summed E-state index contributed by atoms with van der Waals surface area (Å²) in [4.78, 5) is 20.6. The minimum absolute atomic E-state index is 0.353. The van der Waals surface area contributed by atoms with Crippen LogP contribution in [-0.2, 0) is 4.74 Å². The monoisotopic (exact) mass is 325 g/mol. The van der Waals surface area contributed by atoms with Crippen molar-refractivity contribution in [2.75, 3.05) is 43.1 Å². The average molecular weight is 325 g/mol. The van der Waals surface area contributed by atoms with Gasteiger partial charge < -0.3 is 14.5 Å². The predicted molar refractivity (Wildman–Crippen MR) is 95.9 cm³/mol. The van der Waals surface area contributed by atoms with Crippen LogP contribution in [0.25, 0.3) is 0 Å². The number of carbonyl (C=O) groups excluding carboxylic acids is 1. The van der Waals surface area contributed by atoms with Crippen molar-refractivity contribution in [2.45, 2.75) is 13.8 Å². The van der Waals surface area contributed by atoms with E-state index in [-0.39, 0.29) is 5.97 Å². The molecule has 1 aliphatic heterocycles. The maximum absolute atomic E-state index is 11.5. The number of aromatic nitrogens is 1. The number of piperazine rings is 1. The Hall–Kier alpha value is -2.56. The van der Waals surface area contributed by atoms with Crippen LogP contribution in [-0.4, -0.2) is 44.2 Å². The maximum Gasteiger partial charge on any atom is 0.339 e. The zero-order chi connectivity index (χ0) is 17.1. The fourth-order valence-electron chi connectivity index (χ4n) is 3.05. The molecule has 3 rings (SSSR count). The molecule has 0 saturated carbocycles. The molecule has 24 heavy (non-hydrogen) atoms. The number of anilines is 2. The fraction of sp³-hybridized carbons (Fsp3) is 0.368. The van der Waals surface area contributed by atoms with Crippen molar-refractivity contribution in [3.05, 3.63) is 53.2 Å². The highest BCUT2D eigenvalue weighted by Gasteiger charge is 2.19. The van der Waals surface area contributed by atoms with E-state index in [2.05, 4.69) is 46.8 Å². The molecule has 2 heterocycles. The Morgan fingerprint density at radius 2 is 1.75 bits per heavy atom. The Morgan fingerprint density at radius 3 is 2.38 bits per heavy atom. The molecule has 126 valence electrons. The fourth-order valence-corrected chi connectivity index (χ4v) is 3.05. The summed E-state index contributed by atoms with van der Waals surface area (Å²) in [5.41, 5.74) is 4.41. The molecule has 0 radical (unpaired) electrons. The third-order valence-corrected chi connectivity index (χ3v) is 4.48. The van der Waals surface area contributed by atoms with Crippen LogP contribution in [0.15, 0.2) is 36.5 Å². The molecule has 0 unspecified atom stereocenters. The molecule has 0 atom stereocenters. The van der Waals surface area contributed by atoms with Crippen molar-refractivity contribution in [2.24, 2.45) is 0 Å². The van der Waals surface area contributed by atoms with Gasteiger partial charge in [0.15, 0.2) is 0 Å². The number of nitrogens with zero attached hydrogens (tertiary/aromatic N) is 3. The summed E-state index contributed by atoms with van der Waals surface area (Å²) in [5.74, 6) is 0.553. The summed E-state index contributed by atoms with van der Waals surface area (Å²) in [6.07, 6.45) is 1.58. The summed E-state index contributed by atoms with van der Waals surface area (Å²) in [7, 11) is 1.38. The second-order valence-corrected chi connectivity index (χ2v) is 6.16. The summed E-state index contributed by atoms with van der Waals surface area (Å²) >= 11 is 0. The zero-order valence-corrected chi connectivity index (χ0v) is 14.5. The molecule has 0 amide bonds. The number of pyridine rings is 1. The van der Waals surface area contributed by atoms with Crippen molar-refractivity contribution < 1.29 is 9.53 Å². The quantitative estimate of drug-likeness (QED) is 0.812. The summed E-state index contributed by atoms with van der Waals surface area (Å²) < 4.78 is 4.71. The van der Waals surface area contributed by atoms with Gasteiger partial charge in [0.2, 0.25) is 0 Å². The number of carbonyl (C=O) groups is 1. The molecule has 1 saturated heterocycles. The normalized spacial score (nSPS) is 14.6. The molecule has 0 spiro atoms. The summed E-state index contributed by atoms with van der Waals surface area (Å²) in [6, 6.07) is 10.3. The van der Waals surface area contributed by atoms with Gasteiger partial charge in [-0.3, -0.25) is 0 Å². The first-order valence-corrected chi connectivity index (χ1v) is 8.20. The third-order valence-electron chi connectivity index (χ3n) is 4.48. The standard InChI is InChI=1S/C19H23N3O2/c1-14-4-5-15(2)17(12-14)21-8-10-22(11-9-21)18-7-6-16(13-20-18)19(23)24-3/h4-7,12-13H,8-11H2,1-3H3. The molecule has 0 N–H and O–H groups in total. The van der Waals surface area contributed by atoms with Crippen LogP contribution in [0.5, 0.6) is 0 Å². The Morgan fingerprint density at radius 1 is 1.04 bits per heavy atom.